The Hall–Kier alpha value is -1.88. The first-order valence-corrected chi connectivity index (χ1v) is 7.96. The molecular weight excluding hydrogens is 280 g/mol. The normalized spacial score (nSPS) is 25.1. The lowest BCUT2D eigenvalue weighted by Crippen LogP contribution is -2.51. The van der Waals surface area contributed by atoms with Gasteiger partial charge in [0.05, 0.1) is 12.7 Å². The fraction of sp³-hybridized carbons (Fsp3) is 0.529. The highest BCUT2D eigenvalue weighted by atomic mass is 16.5. The predicted octanol–water partition coefficient (Wildman–Crippen LogP) is 1.13. The smallest absolute Gasteiger partial charge is 0.245 e. The Labute approximate surface area is 130 Å². The molecule has 2 atom stereocenters. The van der Waals surface area contributed by atoms with E-state index in [1.54, 1.807) is 0 Å². The van der Waals surface area contributed by atoms with Crippen molar-refractivity contribution in [3.05, 3.63) is 35.9 Å². The van der Waals surface area contributed by atoms with E-state index in [4.69, 9.17) is 4.74 Å². The van der Waals surface area contributed by atoms with Crippen LogP contribution in [0.25, 0.3) is 0 Å². The van der Waals surface area contributed by atoms with Crippen LogP contribution < -0.4 is 5.32 Å². The zero-order valence-electron chi connectivity index (χ0n) is 12.7. The Balaban J connectivity index is 1.51. The van der Waals surface area contributed by atoms with Gasteiger partial charge < -0.3 is 15.0 Å². The SMILES string of the molecule is O=C1CCC(C(=O)N2CCOC(CCc3ccccc3)C2)N1. The molecule has 2 amide bonds. The van der Waals surface area contributed by atoms with E-state index < -0.39 is 0 Å². The molecule has 2 aliphatic heterocycles. The van der Waals surface area contributed by atoms with Crippen molar-refractivity contribution in [3.63, 3.8) is 0 Å². The number of amides is 2. The molecule has 0 saturated carbocycles. The van der Waals surface area contributed by atoms with Gasteiger partial charge in [0.15, 0.2) is 0 Å². The minimum atomic E-state index is -0.333. The summed E-state index contributed by atoms with van der Waals surface area (Å²) >= 11 is 0. The van der Waals surface area contributed by atoms with Crippen molar-refractivity contribution in [1.82, 2.24) is 10.2 Å². The molecule has 2 saturated heterocycles. The number of aryl methyl sites for hydroxylation is 1. The number of benzene rings is 1. The Morgan fingerprint density at radius 3 is 2.86 bits per heavy atom. The summed E-state index contributed by atoms with van der Waals surface area (Å²) in [5.41, 5.74) is 1.29. The second kappa shape index (κ2) is 6.92. The van der Waals surface area contributed by atoms with E-state index in [2.05, 4.69) is 17.4 Å². The Kier molecular flexibility index (Phi) is 4.73. The highest BCUT2D eigenvalue weighted by Crippen LogP contribution is 2.16. The molecular formula is C17H22N2O3. The van der Waals surface area contributed by atoms with Crippen molar-refractivity contribution in [2.75, 3.05) is 19.7 Å². The zero-order valence-corrected chi connectivity index (χ0v) is 12.7. The molecule has 1 aromatic rings. The molecule has 0 aliphatic carbocycles. The molecule has 2 aliphatic rings. The quantitative estimate of drug-likeness (QED) is 0.907. The largest absolute Gasteiger partial charge is 0.375 e. The first-order chi connectivity index (χ1) is 10.7. The predicted molar refractivity (Wildman–Crippen MR) is 82.2 cm³/mol. The molecule has 3 rings (SSSR count). The van der Waals surface area contributed by atoms with E-state index in [1.165, 1.54) is 5.56 Å². The van der Waals surface area contributed by atoms with Crippen LogP contribution in [0.4, 0.5) is 0 Å². The van der Waals surface area contributed by atoms with Gasteiger partial charge in [-0.25, -0.2) is 0 Å². The van der Waals surface area contributed by atoms with E-state index in [0.29, 0.717) is 32.5 Å². The topological polar surface area (TPSA) is 58.6 Å². The summed E-state index contributed by atoms with van der Waals surface area (Å²) in [5.74, 6) is 0.0195. The summed E-state index contributed by atoms with van der Waals surface area (Å²) in [6.45, 7) is 1.82. The summed E-state index contributed by atoms with van der Waals surface area (Å²) in [7, 11) is 0. The lowest BCUT2D eigenvalue weighted by molar-refractivity contribution is -0.141. The van der Waals surface area contributed by atoms with Crippen molar-refractivity contribution in [2.24, 2.45) is 0 Å². The number of carbonyl (C=O) groups is 2. The van der Waals surface area contributed by atoms with Gasteiger partial charge in [0.25, 0.3) is 0 Å². The van der Waals surface area contributed by atoms with E-state index in [9.17, 15) is 9.59 Å². The van der Waals surface area contributed by atoms with Crippen LogP contribution in [-0.2, 0) is 20.7 Å². The Morgan fingerprint density at radius 1 is 1.32 bits per heavy atom. The van der Waals surface area contributed by atoms with Crippen LogP contribution in [0.2, 0.25) is 0 Å². The van der Waals surface area contributed by atoms with Crippen molar-refractivity contribution in [1.29, 1.82) is 0 Å². The first-order valence-electron chi connectivity index (χ1n) is 7.96. The lowest BCUT2D eigenvalue weighted by atomic mass is 10.1. The van der Waals surface area contributed by atoms with E-state index in [0.717, 1.165) is 12.8 Å². The number of carbonyl (C=O) groups excluding carboxylic acids is 2. The summed E-state index contributed by atoms with van der Waals surface area (Å²) in [6.07, 6.45) is 3.01. The van der Waals surface area contributed by atoms with Crippen molar-refractivity contribution < 1.29 is 14.3 Å². The first kappa shape index (κ1) is 15.0. The van der Waals surface area contributed by atoms with Crippen LogP contribution >= 0.6 is 0 Å². The highest BCUT2D eigenvalue weighted by molar-refractivity contribution is 5.90. The number of nitrogens with one attached hydrogen (secondary N) is 1. The third-order valence-electron chi connectivity index (χ3n) is 4.34. The van der Waals surface area contributed by atoms with Crippen molar-refractivity contribution in [3.8, 4) is 0 Å². The van der Waals surface area contributed by atoms with Crippen molar-refractivity contribution >= 4 is 11.8 Å². The average Bonchev–Trinajstić information content (AvgIpc) is 3.00. The minimum absolute atomic E-state index is 0.0211. The fourth-order valence-electron chi connectivity index (χ4n) is 3.09. The number of morpholine rings is 1. The monoisotopic (exact) mass is 302 g/mol. The minimum Gasteiger partial charge on any atom is -0.375 e. The lowest BCUT2D eigenvalue weighted by Gasteiger charge is -2.34. The molecule has 5 heteroatoms. The van der Waals surface area contributed by atoms with Gasteiger partial charge in [-0.05, 0) is 24.8 Å². The number of hydrogen-bond acceptors (Lipinski definition) is 3. The van der Waals surface area contributed by atoms with Gasteiger partial charge in [0, 0.05) is 19.5 Å². The maximum absolute atomic E-state index is 12.4. The van der Waals surface area contributed by atoms with Crippen LogP contribution in [0.15, 0.2) is 30.3 Å². The van der Waals surface area contributed by atoms with Crippen LogP contribution in [0.1, 0.15) is 24.8 Å². The number of hydrogen-bond donors (Lipinski definition) is 1. The second-order valence-corrected chi connectivity index (χ2v) is 5.96. The van der Waals surface area contributed by atoms with Gasteiger partial charge in [-0.15, -0.1) is 0 Å². The molecule has 2 fully saturated rings. The molecule has 2 unspecified atom stereocenters. The average molecular weight is 302 g/mol. The highest BCUT2D eigenvalue weighted by Gasteiger charge is 2.33. The van der Waals surface area contributed by atoms with Gasteiger partial charge in [-0.3, -0.25) is 9.59 Å². The van der Waals surface area contributed by atoms with Gasteiger partial charge in [0.2, 0.25) is 11.8 Å². The number of ether oxygens (including phenoxy) is 1. The van der Waals surface area contributed by atoms with E-state index in [1.807, 2.05) is 23.1 Å². The molecule has 118 valence electrons. The maximum atomic E-state index is 12.4. The van der Waals surface area contributed by atoms with Crippen molar-refractivity contribution in [2.45, 2.75) is 37.8 Å². The van der Waals surface area contributed by atoms with Gasteiger partial charge >= 0.3 is 0 Å². The molecule has 2 heterocycles. The third kappa shape index (κ3) is 3.65. The van der Waals surface area contributed by atoms with Gasteiger partial charge in [-0.1, -0.05) is 30.3 Å². The van der Waals surface area contributed by atoms with Crippen LogP contribution in [0, 0.1) is 0 Å². The van der Waals surface area contributed by atoms with Gasteiger partial charge in [-0.2, -0.15) is 0 Å². The summed E-state index contributed by atoms with van der Waals surface area (Å²) in [4.78, 5) is 25.5. The summed E-state index contributed by atoms with van der Waals surface area (Å²) in [6, 6.07) is 9.97. The molecule has 1 aromatic carbocycles. The van der Waals surface area contributed by atoms with Crippen LogP contribution in [0.5, 0.6) is 0 Å². The van der Waals surface area contributed by atoms with E-state index >= 15 is 0 Å². The van der Waals surface area contributed by atoms with Crippen LogP contribution in [0.3, 0.4) is 0 Å². The van der Waals surface area contributed by atoms with Crippen LogP contribution in [-0.4, -0.2) is 48.6 Å². The molecule has 1 N–H and O–H groups in total. The third-order valence-corrected chi connectivity index (χ3v) is 4.34. The number of rotatable bonds is 4. The molecule has 5 nitrogen and oxygen atoms in total. The summed E-state index contributed by atoms with van der Waals surface area (Å²) < 4.78 is 5.78. The molecule has 0 radical (unpaired) electrons. The maximum Gasteiger partial charge on any atom is 0.245 e. The van der Waals surface area contributed by atoms with E-state index in [-0.39, 0.29) is 24.0 Å². The Morgan fingerprint density at radius 2 is 2.14 bits per heavy atom. The Bertz CT molecular complexity index is 532. The second-order valence-electron chi connectivity index (χ2n) is 5.96. The molecule has 22 heavy (non-hydrogen) atoms. The standard InChI is InChI=1S/C17H22N2O3/c20-16-9-8-15(18-16)17(21)19-10-11-22-14(12-19)7-6-13-4-2-1-3-5-13/h1-5,14-15H,6-12H2,(H,18,20). The molecule has 0 spiro atoms. The molecule has 0 aromatic heterocycles. The fourth-order valence-corrected chi connectivity index (χ4v) is 3.09. The zero-order chi connectivity index (χ0) is 15.4. The molecule has 0 bridgehead atoms. The summed E-state index contributed by atoms with van der Waals surface area (Å²) in [5, 5.41) is 2.75. The number of nitrogens with zero attached hydrogens (tertiary/aromatic N) is 1. The van der Waals surface area contributed by atoms with Gasteiger partial charge in [0.1, 0.15) is 6.04 Å².